The largest absolute Gasteiger partial charge is 0.492 e. The number of hydrogen-bond acceptors (Lipinski definition) is 4. The first-order valence-electron chi connectivity index (χ1n) is 6.97. The zero-order valence-electron chi connectivity index (χ0n) is 11.9. The highest BCUT2D eigenvalue weighted by Crippen LogP contribution is 2.17. The number of benzene rings is 1. The van der Waals surface area contributed by atoms with Crippen LogP contribution in [0.3, 0.4) is 0 Å². The van der Waals surface area contributed by atoms with Crippen LogP contribution in [0, 0.1) is 0 Å². The van der Waals surface area contributed by atoms with Gasteiger partial charge in [0, 0.05) is 32.7 Å². The quantitative estimate of drug-likeness (QED) is 0.871. The Bertz CT molecular complexity index is 370. The molecule has 0 radical (unpaired) electrons. The Morgan fingerprint density at radius 3 is 2.37 bits per heavy atom. The van der Waals surface area contributed by atoms with E-state index in [4.69, 9.17) is 4.74 Å². The zero-order chi connectivity index (χ0) is 13.7. The molecule has 1 heterocycles. The van der Waals surface area contributed by atoms with Crippen LogP contribution in [-0.4, -0.2) is 61.3 Å². The number of hydrogen-bond donors (Lipinski definition) is 1. The molecule has 0 bridgehead atoms. The number of aliphatic hydroxyl groups excluding tert-OH is 1. The van der Waals surface area contributed by atoms with Crippen LogP contribution in [0.5, 0.6) is 5.75 Å². The van der Waals surface area contributed by atoms with Crippen molar-refractivity contribution in [2.24, 2.45) is 0 Å². The van der Waals surface area contributed by atoms with Crippen molar-refractivity contribution < 1.29 is 9.84 Å². The summed E-state index contributed by atoms with van der Waals surface area (Å²) in [4.78, 5) is 4.79. The molecule has 0 aromatic heterocycles. The molecule has 106 valence electrons. The average Bonchev–Trinajstić information content (AvgIpc) is 2.41. The van der Waals surface area contributed by atoms with Gasteiger partial charge in [0.05, 0.1) is 6.10 Å². The Balaban J connectivity index is 1.70. The molecule has 1 saturated heterocycles. The second-order valence-electron chi connectivity index (χ2n) is 5.24. The summed E-state index contributed by atoms with van der Waals surface area (Å²) in [5.74, 6) is 0.874. The van der Waals surface area contributed by atoms with E-state index in [-0.39, 0.29) is 0 Å². The van der Waals surface area contributed by atoms with E-state index in [2.05, 4.69) is 16.8 Å². The van der Waals surface area contributed by atoms with E-state index in [1.54, 1.807) is 6.92 Å². The van der Waals surface area contributed by atoms with Crippen LogP contribution in [0.4, 0.5) is 0 Å². The van der Waals surface area contributed by atoms with Gasteiger partial charge >= 0.3 is 0 Å². The lowest BCUT2D eigenvalue weighted by Crippen LogP contribution is -2.45. The summed E-state index contributed by atoms with van der Waals surface area (Å²) in [5.41, 5.74) is 0.923. The van der Waals surface area contributed by atoms with Crippen molar-refractivity contribution in [3.05, 3.63) is 29.8 Å². The summed E-state index contributed by atoms with van der Waals surface area (Å²) >= 11 is 0. The molecule has 1 N–H and O–H groups in total. The van der Waals surface area contributed by atoms with Crippen molar-refractivity contribution >= 4 is 0 Å². The van der Waals surface area contributed by atoms with Gasteiger partial charge in [-0.1, -0.05) is 12.1 Å². The van der Waals surface area contributed by atoms with Crippen molar-refractivity contribution in [2.45, 2.75) is 13.0 Å². The van der Waals surface area contributed by atoms with E-state index in [0.29, 0.717) is 0 Å². The van der Waals surface area contributed by atoms with Gasteiger partial charge in [-0.2, -0.15) is 0 Å². The highest BCUT2D eigenvalue weighted by molar-refractivity contribution is 5.28. The number of rotatable bonds is 5. The van der Waals surface area contributed by atoms with Crippen LogP contribution in [0.1, 0.15) is 18.6 Å². The van der Waals surface area contributed by atoms with E-state index >= 15 is 0 Å². The van der Waals surface area contributed by atoms with Gasteiger partial charge in [-0.3, -0.25) is 4.90 Å². The fourth-order valence-corrected chi connectivity index (χ4v) is 2.21. The second kappa shape index (κ2) is 6.89. The molecule has 1 fully saturated rings. The first kappa shape index (κ1) is 14.3. The van der Waals surface area contributed by atoms with Crippen LogP contribution in [-0.2, 0) is 0 Å². The van der Waals surface area contributed by atoms with Crippen molar-refractivity contribution in [1.82, 2.24) is 9.80 Å². The van der Waals surface area contributed by atoms with E-state index in [1.165, 1.54) is 0 Å². The zero-order valence-corrected chi connectivity index (χ0v) is 11.9. The maximum Gasteiger partial charge on any atom is 0.119 e. The molecular formula is C15H24N2O2. The minimum atomic E-state index is -0.417. The molecule has 0 saturated carbocycles. The molecule has 4 nitrogen and oxygen atoms in total. The van der Waals surface area contributed by atoms with Gasteiger partial charge in [-0.05, 0) is 31.7 Å². The van der Waals surface area contributed by atoms with Gasteiger partial charge in [0.1, 0.15) is 12.4 Å². The Hall–Kier alpha value is -1.10. The number of nitrogens with zero attached hydrogens (tertiary/aromatic N) is 2. The Morgan fingerprint density at radius 1 is 1.16 bits per heavy atom. The molecule has 19 heavy (non-hydrogen) atoms. The lowest BCUT2D eigenvalue weighted by Gasteiger charge is -2.32. The van der Waals surface area contributed by atoms with Gasteiger partial charge in [0.15, 0.2) is 0 Å². The minimum absolute atomic E-state index is 0.417. The van der Waals surface area contributed by atoms with E-state index < -0.39 is 6.10 Å². The van der Waals surface area contributed by atoms with E-state index in [0.717, 1.165) is 50.6 Å². The van der Waals surface area contributed by atoms with Crippen molar-refractivity contribution in [3.8, 4) is 5.75 Å². The normalized spacial score (nSPS) is 19.3. The summed E-state index contributed by atoms with van der Waals surface area (Å²) in [7, 11) is 2.16. The third kappa shape index (κ3) is 4.49. The SMILES string of the molecule is C[C@@H](O)c1ccc(OCCN2CCN(C)CC2)cc1. The lowest BCUT2D eigenvalue weighted by atomic mass is 10.1. The molecular weight excluding hydrogens is 240 g/mol. The van der Waals surface area contributed by atoms with Gasteiger partial charge < -0.3 is 14.7 Å². The van der Waals surface area contributed by atoms with E-state index in [9.17, 15) is 5.11 Å². The molecule has 1 aliphatic rings. The number of piperazine rings is 1. The van der Waals surface area contributed by atoms with Crippen LogP contribution >= 0.6 is 0 Å². The molecule has 1 aliphatic heterocycles. The van der Waals surface area contributed by atoms with Crippen LogP contribution in [0.25, 0.3) is 0 Å². The molecule has 0 unspecified atom stereocenters. The van der Waals surface area contributed by atoms with Crippen molar-refractivity contribution in [1.29, 1.82) is 0 Å². The maximum atomic E-state index is 9.43. The summed E-state index contributed by atoms with van der Waals surface area (Å²) < 4.78 is 5.73. The molecule has 1 atom stereocenters. The number of ether oxygens (including phenoxy) is 1. The number of aliphatic hydroxyl groups is 1. The average molecular weight is 264 g/mol. The molecule has 4 heteroatoms. The van der Waals surface area contributed by atoms with Crippen molar-refractivity contribution in [2.75, 3.05) is 46.4 Å². The molecule has 0 spiro atoms. The molecule has 0 amide bonds. The summed E-state index contributed by atoms with van der Waals surface area (Å²) in [5, 5.41) is 9.43. The third-order valence-corrected chi connectivity index (χ3v) is 3.63. The molecule has 0 aliphatic carbocycles. The standard InChI is InChI=1S/C15H24N2O2/c1-13(18)14-3-5-15(6-4-14)19-12-11-17-9-7-16(2)8-10-17/h3-6,13,18H,7-12H2,1-2H3/t13-/m1/s1. The molecule has 2 rings (SSSR count). The molecule has 1 aromatic rings. The monoisotopic (exact) mass is 264 g/mol. The minimum Gasteiger partial charge on any atom is -0.492 e. The van der Waals surface area contributed by atoms with Crippen molar-refractivity contribution in [3.63, 3.8) is 0 Å². The fourth-order valence-electron chi connectivity index (χ4n) is 2.21. The van der Waals surface area contributed by atoms with Gasteiger partial charge in [0.2, 0.25) is 0 Å². The van der Waals surface area contributed by atoms with E-state index in [1.807, 2.05) is 24.3 Å². The molecule has 1 aromatic carbocycles. The smallest absolute Gasteiger partial charge is 0.119 e. The third-order valence-electron chi connectivity index (χ3n) is 3.63. The number of likely N-dealkylation sites (N-methyl/N-ethyl adjacent to an activating group) is 1. The topological polar surface area (TPSA) is 35.9 Å². The first-order valence-corrected chi connectivity index (χ1v) is 6.97. The second-order valence-corrected chi connectivity index (χ2v) is 5.24. The lowest BCUT2D eigenvalue weighted by molar-refractivity contribution is 0.133. The highest BCUT2D eigenvalue weighted by Gasteiger charge is 2.13. The van der Waals surface area contributed by atoms with Gasteiger partial charge in [-0.25, -0.2) is 0 Å². The van der Waals surface area contributed by atoms with Crippen LogP contribution in [0.2, 0.25) is 0 Å². The Kier molecular flexibility index (Phi) is 5.19. The predicted molar refractivity (Wildman–Crippen MR) is 76.5 cm³/mol. The summed E-state index contributed by atoms with van der Waals surface area (Å²) in [6, 6.07) is 7.67. The Morgan fingerprint density at radius 2 is 1.79 bits per heavy atom. The van der Waals surface area contributed by atoms with Crippen LogP contribution in [0.15, 0.2) is 24.3 Å². The highest BCUT2D eigenvalue weighted by atomic mass is 16.5. The van der Waals surface area contributed by atoms with Crippen LogP contribution < -0.4 is 4.74 Å². The predicted octanol–water partition coefficient (Wildman–Crippen LogP) is 1.37. The van der Waals surface area contributed by atoms with Gasteiger partial charge in [0.25, 0.3) is 0 Å². The fraction of sp³-hybridized carbons (Fsp3) is 0.600. The summed E-state index contributed by atoms with van der Waals surface area (Å²) in [6.45, 7) is 8.00. The first-order chi connectivity index (χ1) is 9.15. The summed E-state index contributed by atoms with van der Waals surface area (Å²) in [6.07, 6.45) is -0.417. The Labute approximate surface area is 115 Å². The van der Waals surface area contributed by atoms with Gasteiger partial charge in [-0.15, -0.1) is 0 Å². The maximum absolute atomic E-state index is 9.43.